The van der Waals surface area contributed by atoms with E-state index in [0.29, 0.717) is 34.6 Å². The SMILES string of the molecule is CC(C)S(=O)(=O)c1ccc(-c2nn(-c3ccc(NC/C=C(\ON)C(C)(C)C)cc3)c3ncnc(N)c23)cc1. The molecule has 4 rings (SSSR count). The zero-order chi connectivity index (χ0) is 27.7. The van der Waals surface area contributed by atoms with Gasteiger partial charge in [0.05, 0.1) is 21.2 Å². The van der Waals surface area contributed by atoms with Crippen LogP contribution < -0.4 is 16.9 Å². The highest BCUT2D eigenvalue weighted by molar-refractivity contribution is 7.92. The lowest BCUT2D eigenvalue weighted by molar-refractivity contribution is 0.155. The third-order valence-corrected chi connectivity index (χ3v) is 8.31. The molecule has 0 radical (unpaired) electrons. The molecule has 4 aromatic rings. The van der Waals surface area contributed by atoms with Gasteiger partial charge in [0.25, 0.3) is 0 Å². The number of allylic oxidation sites excluding steroid dienone is 1. The van der Waals surface area contributed by atoms with Gasteiger partial charge in [-0.05, 0) is 56.3 Å². The molecule has 0 saturated heterocycles. The summed E-state index contributed by atoms with van der Waals surface area (Å²) >= 11 is 0. The van der Waals surface area contributed by atoms with Crippen LogP contribution in [-0.4, -0.2) is 40.0 Å². The first kappa shape index (κ1) is 27.1. The maximum absolute atomic E-state index is 12.5. The molecule has 0 bridgehead atoms. The van der Waals surface area contributed by atoms with E-state index in [-0.39, 0.29) is 16.1 Å². The molecule has 0 amide bonds. The second-order valence-electron chi connectivity index (χ2n) is 10.2. The van der Waals surface area contributed by atoms with E-state index in [4.69, 9.17) is 21.6 Å². The van der Waals surface area contributed by atoms with E-state index in [2.05, 4.69) is 15.3 Å². The molecule has 200 valence electrons. The minimum Gasteiger partial charge on any atom is -0.416 e. The Bertz CT molecular complexity index is 1570. The fourth-order valence-corrected chi connectivity index (χ4v) is 5.00. The number of nitrogens with zero attached hydrogens (tertiary/aromatic N) is 4. The molecule has 0 aliphatic rings. The van der Waals surface area contributed by atoms with Crippen LogP contribution in [0.15, 0.2) is 71.6 Å². The molecule has 0 unspecified atom stereocenters. The van der Waals surface area contributed by atoms with Gasteiger partial charge < -0.3 is 15.9 Å². The first-order valence-corrected chi connectivity index (χ1v) is 13.7. The fourth-order valence-electron chi connectivity index (χ4n) is 3.94. The van der Waals surface area contributed by atoms with Gasteiger partial charge in [-0.25, -0.2) is 23.1 Å². The van der Waals surface area contributed by atoms with Gasteiger partial charge in [0.15, 0.2) is 15.5 Å². The topological polar surface area (TPSA) is 151 Å². The number of anilines is 2. The minimum atomic E-state index is -3.39. The molecule has 0 fully saturated rings. The number of nitrogen functional groups attached to an aromatic ring is 1. The van der Waals surface area contributed by atoms with E-state index in [1.54, 1.807) is 42.8 Å². The molecule has 0 saturated carbocycles. The van der Waals surface area contributed by atoms with Crippen molar-refractivity contribution in [2.24, 2.45) is 11.3 Å². The summed E-state index contributed by atoms with van der Waals surface area (Å²) in [5.41, 5.74) is 9.55. The number of fused-ring (bicyclic) bond motifs is 1. The smallest absolute Gasteiger partial charge is 0.180 e. The molecule has 11 heteroatoms. The summed E-state index contributed by atoms with van der Waals surface area (Å²) in [5, 5.41) is 8.20. The highest BCUT2D eigenvalue weighted by atomic mass is 32.2. The van der Waals surface area contributed by atoms with E-state index >= 15 is 0 Å². The summed E-state index contributed by atoms with van der Waals surface area (Å²) in [6, 6.07) is 14.3. The number of sulfone groups is 1. The maximum atomic E-state index is 12.5. The van der Waals surface area contributed by atoms with E-state index in [9.17, 15) is 8.42 Å². The molecule has 38 heavy (non-hydrogen) atoms. The molecule has 0 atom stereocenters. The second kappa shape index (κ2) is 10.4. The third-order valence-electron chi connectivity index (χ3n) is 6.14. The normalized spacial score (nSPS) is 12.8. The molecule has 0 aliphatic heterocycles. The van der Waals surface area contributed by atoms with Crippen molar-refractivity contribution in [3.8, 4) is 16.9 Å². The molecular formula is C27H33N7O3S. The molecule has 2 aromatic heterocycles. The van der Waals surface area contributed by atoms with Gasteiger partial charge in [0, 0.05) is 23.2 Å². The van der Waals surface area contributed by atoms with E-state index in [1.807, 2.05) is 51.1 Å². The quantitative estimate of drug-likeness (QED) is 0.219. The summed E-state index contributed by atoms with van der Waals surface area (Å²) in [6.45, 7) is 9.95. The number of nitrogens with one attached hydrogen (secondary N) is 1. The number of hydrogen-bond donors (Lipinski definition) is 3. The molecule has 0 aliphatic carbocycles. The van der Waals surface area contributed by atoms with Crippen LogP contribution in [-0.2, 0) is 14.7 Å². The Morgan fingerprint density at radius 2 is 1.74 bits per heavy atom. The minimum absolute atomic E-state index is 0.189. The van der Waals surface area contributed by atoms with Crippen LogP contribution in [0.1, 0.15) is 34.6 Å². The molecule has 10 nitrogen and oxygen atoms in total. The highest BCUT2D eigenvalue weighted by Crippen LogP contribution is 2.32. The number of hydrogen-bond acceptors (Lipinski definition) is 9. The Morgan fingerprint density at radius 3 is 2.32 bits per heavy atom. The Hall–Kier alpha value is -3.96. The number of aromatic nitrogens is 4. The van der Waals surface area contributed by atoms with Gasteiger partial charge in [-0.3, -0.25) is 0 Å². The van der Waals surface area contributed by atoms with Gasteiger partial charge in [0.1, 0.15) is 23.6 Å². The first-order valence-electron chi connectivity index (χ1n) is 12.2. The van der Waals surface area contributed by atoms with Gasteiger partial charge in [0.2, 0.25) is 0 Å². The number of rotatable bonds is 8. The predicted octanol–water partition coefficient (Wildman–Crippen LogP) is 4.48. The van der Waals surface area contributed by atoms with Gasteiger partial charge >= 0.3 is 0 Å². The van der Waals surface area contributed by atoms with Crippen molar-refractivity contribution in [1.29, 1.82) is 0 Å². The van der Waals surface area contributed by atoms with Crippen molar-refractivity contribution in [3.05, 3.63) is 66.7 Å². The van der Waals surface area contributed by atoms with E-state index in [1.165, 1.54) is 6.33 Å². The molecular weight excluding hydrogens is 502 g/mol. The lowest BCUT2D eigenvalue weighted by Crippen LogP contribution is -2.17. The van der Waals surface area contributed by atoms with E-state index < -0.39 is 15.1 Å². The lowest BCUT2D eigenvalue weighted by atomic mass is 9.93. The zero-order valence-electron chi connectivity index (χ0n) is 22.1. The highest BCUT2D eigenvalue weighted by Gasteiger charge is 2.22. The van der Waals surface area contributed by atoms with Crippen molar-refractivity contribution in [2.45, 2.75) is 44.8 Å². The van der Waals surface area contributed by atoms with Crippen LogP contribution in [0.5, 0.6) is 0 Å². The zero-order valence-corrected chi connectivity index (χ0v) is 23.0. The van der Waals surface area contributed by atoms with Crippen LogP contribution in [0.4, 0.5) is 11.5 Å². The van der Waals surface area contributed by atoms with Crippen LogP contribution in [0.25, 0.3) is 28.0 Å². The van der Waals surface area contributed by atoms with Crippen molar-refractivity contribution >= 4 is 32.4 Å². The standard InChI is InChI=1S/C27H33N7O3S/c1-17(2)38(35,36)21-12-6-18(7-13-21)24-23-25(28)31-16-32-26(23)34(33-24)20-10-8-19(9-11-20)30-15-14-22(37-29)27(3,4)5/h6-14,16-17,30H,15,29H2,1-5H3,(H2,28,31,32)/b22-14-. The molecule has 0 spiro atoms. The van der Waals surface area contributed by atoms with Crippen LogP contribution in [0.3, 0.4) is 0 Å². The van der Waals surface area contributed by atoms with Crippen LogP contribution in [0, 0.1) is 5.41 Å². The molecule has 2 aromatic carbocycles. The molecule has 2 heterocycles. The van der Waals surface area contributed by atoms with Crippen molar-refractivity contribution in [1.82, 2.24) is 19.7 Å². The van der Waals surface area contributed by atoms with Crippen LogP contribution in [0.2, 0.25) is 0 Å². The Labute approximate surface area is 222 Å². The van der Waals surface area contributed by atoms with Crippen molar-refractivity contribution < 1.29 is 13.3 Å². The Kier molecular flexibility index (Phi) is 7.43. The fraction of sp³-hybridized carbons (Fsp3) is 0.296. The average molecular weight is 536 g/mol. The Balaban J connectivity index is 1.66. The van der Waals surface area contributed by atoms with Crippen molar-refractivity contribution in [3.63, 3.8) is 0 Å². The molecule has 5 N–H and O–H groups in total. The lowest BCUT2D eigenvalue weighted by Gasteiger charge is -2.20. The summed E-state index contributed by atoms with van der Waals surface area (Å²) in [4.78, 5) is 13.9. The number of benzene rings is 2. The van der Waals surface area contributed by atoms with Gasteiger partial charge in [-0.1, -0.05) is 32.9 Å². The summed E-state index contributed by atoms with van der Waals surface area (Å²) in [6.07, 6.45) is 3.31. The monoisotopic (exact) mass is 535 g/mol. The number of nitrogens with two attached hydrogens (primary N) is 2. The Morgan fingerprint density at radius 1 is 1.08 bits per heavy atom. The second-order valence-corrected chi connectivity index (χ2v) is 12.7. The first-order chi connectivity index (χ1) is 17.9. The third kappa shape index (κ3) is 5.34. The summed E-state index contributed by atoms with van der Waals surface area (Å²) in [5.74, 6) is 6.40. The van der Waals surface area contributed by atoms with Crippen LogP contribution >= 0.6 is 0 Å². The predicted molar refractivity (Wildman–Crippen MR) is 150 cm³/mol. The van der Waals surface area contributed by atoms with E-state index in [0.717, 1.165) is 11.4 Å². The maximum Gasteiger partial charge on any atom is 0.180 e. The average Bonchev–Trinajstić information content (AvgIpc) is 3.27. The summed E-state index contributed by atoms with van der Waals surface area (Å²) in [7, 11) is -3.39. The van der Waals surface area contributed by atoms with Crippen molar-refractivity contribution in [2.75, 3.05) is 17.6 Å². The van der Waals surface area contributed by atoms with Gasteiger partial charge in [-0.15, -0.1) is 0 Å². The van der Waals surface area contributed by atoms with Gasteiger partial charge in [-0.2, -0.15) is 11.0 Å². The largest absolute Gasteiger partial charge is 0.416 e. The summed E-state index contributed by atoms with van der Waals surface area (Å²) < 4.78 is 26.8.